The molecule has 3 aromatic carbocycles. The van der Waals surface area contributed by atoms with Gasteiger partial charge >= 0.3 is 0 Å². The summed E-state index contributed by atoms with van der Waals surface area (Å²) in [7, 11) is -3.78. The van der Waals surface area contributed by atoms with E-state index in [-0.39, 0.29) is 22.7 Å². The van der Waals surface area contributed by atoms with E-state index in [1.807, 2.05) is 6.92 Å². The topological polar surface area (TPSA) is 75.3 Å². The molecule has 1 atom stereocenters. The lowest BCUT2D eigenvalue weighted by atomic mass is 10.0. The molecule has 5 nitrogen and oxygen atoms in total. The van der Waals surface area contributed by atoms with Gasteiger partial charge in [0.05, 0.1) is 16.6 Å². The molecule has 0 aliphatic rings. The number of carbonyl (C=O) groups excluding carboxylic acids is 1. The minimum Gasteiger partial charge on any atom is -0.346 e. The molecule has 7 heteroatoms. The first-order chi connectivity index (χ1) is 14.2. The van der Waals surface area contributed by atoms with E-state index in [1.54, 1.807) is 56.3 Å². The Labute approximate surface area is 176 Å². The van der Waals surface area contributed by atoms with Crippen molar-refractivity contribution in [2.45, 2.75) is 31.7 Å². The molecule has 3 aromatic rings. The van der Waals surface area contributed by atoms with E-state index < -0.39 is 10.0 Å². The Morgan fingerprint density at radius 1 is 0.933 bits per heavy atom. The van der Waals surface area contributed by atoms with Crippen LogP contribution in [-0.2, 0) is 10.0 Å². The van der Waals surface area contributed by atoms with Crippen LogP contribution in [0.5, 0.6) is 0 Å². The molecule has 156 valence electrons. The highest BCUT2D eigenvalue weighted by atomic mass is 32.2. The zero-order valence-corrected chi connectivity index (χ0v) is 17.8. The summed E-state index contributed by atoms with van der Waals surface area (Å²) in [5, 5.41) is 2.86. The third-order valence-corrected chi connectivity index (χ3v) is 6.25. The zero-order valence-electron chi connectivity index (χ0n) is 16.9. The molecule has 1 unspecified atom stereocenters. The Morgan fingerprint density at radius 2 is 1.57 bits per heavy atom. The standard InChI is InChI=1S/C23H23FN2O3S/c1-15-7-13-20(14-8-15)30(28,29)26-22-6-4-5-21(16(22)2)23(27)25-17(3)18-9-11-19(24)12-10-18/h4-14,17,26H,1-3H3,(H,25,27). The molecule has 0 saturated carbocycles. The van der Waals surface area contributed by atoms with Gasteiger partial charge in [-0.3, -0.25) is 9.52 Å². The molecule has 3 rings (SSSR count). The number of hydrogen-bond donors (Lipinski definition) is 2. The fraction of sp³-hybridized carbons (Fsp3) is 0.174. The second kappa shape index (κ2) is 8.67. The molecular weight excluding hydrogens is 403 g/mol. The summed E-state index contributed by atoms with van der Waals surface area (Å²) < 4.78 is 41.1. The average Bonchev–Trinajstić information content (AvgIpc) is 2.70. The number of hydrogen-bond acceptors (Lipinski definition) is 3. The van der Waals surface area contributed by atoms with Gasteiger partial charge in [-0.25, -0.2) is 12.8 Å². The lowest BCUT2D eigenvalue weighted by molar-refractivity contribution is 0.0939. The van der Waals surface area contributed by atoms with Gasteiger partial charge in [0.15, 0.2) is 0 Å². The summed E-state index contributed by atoms with van der Waals surface area (Å²) in [4.78, 5) is 12.9. The number of aryl methyl sites for hydroxylation is 1. The van der Waals surface area contributed by atoms with Crippen LogP contribution in [0.25, 0.3) is 0 Å². The first-order valence-electron chi connectivity index (χ1n) is 9.43. The Bertz CT molecular complexity index is 1160. The van der Waals surface area contributed by atoms with Crippen molar-refractivity contribution in [3.63, 3.8) is 0 Å². The molecule has 0 aliphatic heterocycles. The van der Waals surface area contributed by atoms with E-state index in [2.05, 4.69) is 10.0 Å². The molecular formula is C23H23FN2O3S. The summed E-state index contributed by atoms with van der Waals surface area (Å²) in [6, 6.07) is 16.9. The second-order valence-electron chi connectivity index (χ2n) is 7.14. The fourth-order valence-electron chi connectivity index (χ4n) is 3.02. The van der Waals surface area contributed by atoms with Crippen molar-refractivity contribution in [2.75, 3.05) is 4.72 Å². The number of rotatable bonds is 6. The maximum atomic E-state index is 13.1. The number of halogens is 1. The Morgan fingerprint density at radius 3 is 2.20 bits per heavy atom. The highest BCUT2D eigenvalue weighted by molar-refractivity contribution is 7.92. The van der Waals surface area contributed by atoms with Crippen LogP contribution >= 0.6 is 0 Å². The number of sulfonamides is 1. The van der Waals surface area contributed by atoms with Crippen LogP contribution in [0.2, 0.25) is 0 Å². The first kappa shape index (κ1) is 21.5. The van der Waals surface area contributed by atoms with Crippen molar-refractivity contribution >= 4 is 21.6 Å². The highest BCUT2D eigenvalue weighted by Crippen LogP contribution is 2.24. The number of nitrogens with one attached hydrogen (secondary N) is 2. The largest absolute Gasteiger partial charge is 0.346 e. The van der Waals surface area contributed by atoms with Crippen molar-refractivity contribution in [1.82, 2.24) is 5.32 Å². The molecule has 0 saturated heterocycles. The average molecular weight is 427 g/mol. The molecule has 0 heterocycles. The lowest BCUT2D eigenvalue weighted by Crippen LogP contribution is -2.27. The fourth-order valence-corrected chi connectivity index (χ4v) is 4.15. The van der Waals surface area contributed by atoms with E-state index in [1.165, 1.54) is 24.3 Å². The minimum atomic E-state index is -3.78. The molecule has 0 spiro atoms. The predicted octanol–water partition coefficient (Wildman–Crippen LogP) is 4.73. The SMILES string of the molecule is Cc1ccc(S(=O)(=O)Nc2cccc(C(=O)NC(C)c3ccc(F)cc3)c2C)cc1. The molecule has 30 heavy (non-hydrogen) atoms. The van der Waals surface area contributed by atoms with E-state index in [0.717, 1.165) is 11.1 Å². The van der Waals surface area contributed by atoms with E-state index in [9.17, 15) is 17.6 Å². The number of amides is 1. The van der Waals surface area contributed by atoms with Gasteiger partial charge in [0.1, 0.15) is 5.82 Å². The van der Waals surface area contributed by atoms with Gasteiger partial charge < -0.3 is 5.32 Å². The summed E-state index contributed by atoms with van der Waals surface area (Å²) in [5.74, 6) is -0.692. The molecule has 0 radical (unpaired) electrons. The van der Waals surface area contributed by atoms with Crippen molar-refractivity contribution < 1.29 is 17.6 Å². The number of carbonyl (C=O) groups is 1. The van der Waals surface area contributed by atoms with Crippen LogP contribution in [0, 0.1) is 19.7 Å². The van der Waals surface area contributed by atoms with Crippen LogP contribution in [0.1, 0.15) is 40.0 Å². The quantitative estimate of drug-likeness (QED) is 0.598. The Balaban J connectivity index is 1.81. The van der Waals surface area contributed by atoms with Crippen LogP contribution in [0.15, 0.2) is 71.6 Å². The molecule has 0 fully saturated rings. The van der Waals surface area contributed by atoms with Crippen molar-refractivity contribution in [1.29, 1.82) is 0 Å². The maximum absolute atomic E-state index is 13.1. The van der Waals surface area contributed by atoms with Crippen molar-refractivity contribution in [3.05, 3.63) is 94.8 Å². The van der Waals surface area contributed by atoms with E-state index >= 15 is 0 Å². The van der Waals surface area contributed by atoms with Crippen LogP contribution in [0.4, 0.5) is 10.1 Å². The smallest absolute Gasteiger partial charge is 0.261 e. The van der Waals surface area contributed by atoms with Crippen LogP contribution < -0.4 is 10.0 Å². The normalized spacial score (nSPS) is 12.3. The zero-order chi connectivity index (χ0) is 21.9. The van der Waals surface area contributed by atoms with E-state index in [0.29, 0.717) is 16.8 Å². The molecule has 0 aromatic heterocycles. The third kappa shape index (κ3) is 4.86. The molecule has 2 N–H and O–H groups in total. The maximum Gasteiger partial charge on any atom is 0.261 e. The molecule has 0 aliphatic carbocycles. The predicted molar refractivity (Wildman–Crippen MR) is 115 cm³/mol. The molecule has 0 bridgehead atoms. The number of benzene rings is 3. The summed E-state index contributed by atoms with van der Waals surface area (Å²) in [5.41, 5.74) is 2.92. The summed E-state index contributed by atoms with van der Waals surface area (Å²) in [6.45, 7) is 5.36. The van der Waals surface area contributed by atoms with Gasteiger partial charge in [0.25, 0.3) is 15.9 Å². The van der Waals surface area contributed by atoms with Gasteiger partial charge in [0, 0.05) is 5.56 Å². The summed E-state index contributed by atoms with van der Waals surface area (Å²) >= 11 is 0. The Hall–Kier alpha value is -3.19. The number of anilines is 1. The van der Waals surface area contributed by atoms with Gasteiger partial charge in [-0.1, -0.05) is 35.9 Å². The van der Waals surface area contributed by atoms with Crippen molar-refractivity contribution in [3.8, 4) is 0 Å². The minimum absolute atomic E-state index is 0.146. The van der Waals surface area contributed by atoms with E-state index in [4.69, 9.17) is 0 Å². The first-order valence-corrected chi connectivity index (χ1v) is 10.9. The Kier molecular flexibility index (Phi) is 6.22. The third-order valence-electron chi connectivity index (χ3n) is 4.87. The van der Waals surface area contributed by atoms with Crippen LogP contribution in [-0.4, -0.2) is 14.3 Å². The summed E-state index contributed by atoms with van der Waals surface area (Å²) in [6.07, 6.45) is 0. The molecule has 1 amide bonds. The highest BCUT2D eigenvalue weighted by Gasteiger charge is 2.19. The van der Waals surface area contributed by atoms with Gasteiger partial charge in [-0.05, 0) is 68.3 Å². The monoisotopic (exact) mass is 426 g/mol. The second-order valence-corrected chi connectivity index (χ2v) is 8.83. The lowest BCUT2D eigenvalue weighted by Gasteiger charge is -2.17. The van der Waals surface area contributed by atoms with Gasteiger partial charge in [0.2, 0.25) is 0 Å². The van der Waals surface area contributed by atoms with Gasteiger partial charge in [-0.15, -0.1) is 0 Å². The van der Waals surface area contributed by atoms with Gasteiger partial charge in [-0.2, -0.15) is 0 Å². The van der Waals surface area contributed by atoms with Crippen LogP contribution in [0.3, 0.4) is 0 Å². The van der Waals surface area contributed by atoms with Crippen molar-refractivity contribution in [2.24, 2.45) is 0 Å².